The van der Waals surface area contributed by atoms with Gasteiger partial charge in [-0.3, -0.25) is 0 Å². The first-order valence-corrected chi connectivity index (χ1v) is 8.03. The highest BCUT2D eigenvalue weighted by Crippen LogP contribution is 2.34. The summed E-state index contributed by atoms with van der Waals surface area (Å²) in [6.07, 6.45) is 0.746. The monoisotopic (exact) mass is 346 g/mol. The van der Waals surface area contributed by atoms with Crippen molar-refractivity contribution in [2.45, 2.75) is 10.6 Å². The third kappa shape index (κ3) is 3.97. The Labute approximate surface area is 113 Å². The van der Waals surface area contributed by atoms with Crippen molar-refractivity contribution in [2.75, 3.05) is 20.1 Å². The molecule has 0 spiro atoms. The van der Waals surface area contributed by atoms with Gasteiger partial charge in [-0.2, -0.15) is 0 Å². The summed E-state index contributed by atoms with van der Waals surface area (Å²) in [6.45, 7) is 1.19. The predicted molar refractivity (Wildman–Crippen MR) is 70.8 cm³/mol. The van der Waals surface area contributed by atoms with Crippen LogP contribution in [0.5, 0.6) is 0 Å². The molecule has 1 rings (SSSR count). The number of hydrogen-bond donors (Lipinski definition) is 2. The number of sulfonamides is 1. The van der Waals surface area contributed by atoms with Crippen LogP contribution in [0.2, 0.25) is 5.02 Å². The lowest BCUT2D eigenvalue weighted by molar-refractivity contribution is 0.579. The second-order valence-electron chi connectivity index (χ2n) is 3.04. The minimum absolute atomic E-state index is 0.230. The van der Waals surface area contributed by atoms with Crippen LogP contribution in [0.1, 0.15) is 6.42 Å². The molecule has 0 aromatic carbocycles. The lowest BCUT2D eigenvalue weighted by atomic mass is 10.4. The minimum Gasteiger partial charge on any atom is -0.320 e. The van der Waals surface area contributed by atoms with E-state index in [1.165, 1.54) is 6.07 Å². The van der Waals surface area contributed by atoms with E-state index in [4.69, 9.17) is 11.6 Å². The molecule has 0 saturated carbocycles. The molecule has 1 aromatic rings. The molecule has 0 fully saturated rings. The van der Waals surface area contributed by atoms with E-state index in [2.05, 4.69) is 26.0 Å². The zero-order valence-corrected chi connectivity index (χ0v) is 12.6. The molecule has 0 amide bonds. The first kappa shape index (κ1) is 14.4. The Kier molecular flexibility index (Phi) is 5.69. The van der Waals surface area contributed by atoms with Crippen molar-refractivity contribution in [2.24, 2.45) is 0 Å². The van der Waals surface area contributed by atoms with E-state index in [0.717, 1.165) is 24.3 Å². The normalized spacial score (nSPS) is 11.9. The van der Waals surface area contributed by atoms with Gasteiger partial charge in [0.25, 0.3) is 0 Å². The van der Waals surface area contributed by atoms with Gasteiger partial charge in [-0.15, -0.1) is 11.3 Å². The molecular formula is C8H12BrClN2O2S2. The first-order valence-electron chi connectivity index (χ1n) is 4.56. The molecule has 0 aliphatic heterocycles. The highest BCUT2D eigenvalue weighted by molar-refractivity contribution is 9.11. The molecule has 1 heterocycles. The van der Waals surface area contributed by atoms with Gasteiger partial charge in [-0.05, 0) is 42.0 Å². The predicted octanol–water partition coefficient (Wildman–Crippen LogP) is 2.05. The fraction of sp³-hybridized carbons (Fsp3) is 0.500. The van der Waals surface area contributed by atoms with E-state index in [1.807, 2.05) is 7.05 Å². The number of halogens is 2. The average Bonchev–Trinajstić information content (AvgIpc) is 2.55. The van der Waals surface area contributed by atoms with E-state index < -0.39 is 10.0 Å². The molecule has 92 valence electrons. The van der Waals surface area contributed by atoms with Gasteiger partial charge in [0.05, 0.1) is 8.81 Å². The van der Waals surface area contributed by atoms with E-state index in [-0.39, 0.29) is 4.21 Å². The molecule has 0 saturated heterocycles. The summed E-state index contributed by atoms with van der Waals surface area (Å²) in [5.74, 6) is 0. The van der Waals surface area contributed by atoms with E-state index in [0.29, 0.717) is 15.4 Å². The van der Waals surface area contributed by atoms with Crippen LogP contribution in [0, 0.1) is 0 Å². The number of rotatable bonds is 6. The van der Waals surface area contributed by atoms with Crippen molar-refractivity contribution in [1.82, 2.24) is 10.0 Å². The molecule has 8 heteroatoms. The fourth-order valence-electron chi connectivity index (χ4n) is 1.00. The summed E-state index contributed by atoms with van der Waals surface area (Å²) in [7, 11) is -1.59. The highest BCUT2D eigenvalue weighted by Gasteiger charge is 2.18. The summed E-state index contributed by atoms with van der Waals surface area (Å²) in [5.41, 5.74) is 0. The highest BCUT2D eigenvalue weighted by atomic mass is 79.9. The van der Waals surface area contributed by atoms with Crippen molar-refractivity contribution in [3.63, 3.8) is 0 Å². The second-order valence-corrected chi connectivity index (χ2v) is 7.81. The van der Waals surface area contributed by atoms with E-state index >= 15 is 0 Å². The lowest BCUT2D eigenvalue weighted by Crippen LogP contribution is -2.26. The van der Waals surface area contributed by atoms with Crippen LogP contribution in [0.4, 0.5) is 0 Å². The van der Waals surface area contributed by atoms with Crippen molar-refractivity contribution >= 4 is 48.9 Å². The van der Waals surface area contributed by atoms with Gasteiger partial charge in [-0.25, -0.2) is 13.1 Å². The fourth-order valence-corrected chi connectivity index (χ4v) is 4.52. The van der Waals surface area contributed by atoms with Crippen LogP contribution in [0.25, 0.3) is 0 Å². The van der Waals surface area contributed by atoms with Crippen molar-refractivity contribution in [3.8, 4) is 0 Å². The maximum Gasteiger partial charge on any atom is 0.250 e. The van der Waals surface area contributed by atoms with Crippen LogP contribution < -0.4 is 10.0 Å². The molecule has 2 N–H and O–H groups in total. The maximum atomic E-state index is 11.8. The molecule has 0 unspecified atom stereocenters. The van der Waals surface area contributed by atoms with E-state index in [9.17, 15) is 8.42 Å². The van der Waals surface area contributed by atoms with Crippen LogP contribution in [-0.2, 0) is 10.0 Å². The van der Waals surface area contributed by atoms with E-state index in [1.54, 1.807) is 0 Å². The topological polar surface area (TPSA) is 58.2 Å². The average molecular weight is 348 g/mol. The number of thiophene rings is 1. The van der Waals surface area contributed by atoms with Crippen molar-refractivity contribution in [3.05, 3.63) is 14.9 Å². The van der Waals surface area contributed by atoms with Crippen LogP contribution in [0.3, 0.4) is 0 Å². The maximum absolute atomic E-state index is 11.8. The Morgan fingerprint density at radius 3 is 2.69 bits per heavy atom. The molecule has 16 heavy (non-hydrogen) atoms. The smallest absolute Gasteiger partial charge is 0.250 e. The van der Waals surface area contributed by atoms with Gasteiger partial charge < -0.3 is 5.32 Å². The quantitative estimate of drug-likeness (QED) is 0.774. The van der Waals surface area contributed by atoms with Gasteiger partial charge in [0, 0.05) is 6.54 Å². The molecule has 0 atom stereocenters. The standard InChI is InChI=1S/C8H12BrClN2O2S2/c1-11-3-2-4-12-16(13,14)7-5-6(10)8(9)15-7/h5,11-12H,2-4H2,1H3. The zero-order chi connectivity index (χ0) is 12.2. The Morgan fingerprint density at radius 2 is 2.19 bits per heavy atom. The van der Waals surface area contributed by atoms with Gasteiger partial charge in [0.1, 0.15) is 4.21 Å². The van der Waals surface area contributed by atoms with Crippen LogP contribution in [0.15, 0.2) is 14.1 Å². The van der Waals surface area contributed by atoms with Crippen molar-refractivity contribution in [1.29, 1.82) is 0 Å². The van der Waals surface area contributed by atoms with Gasteiger partial charge in [0.15, 0.2) is 0 Å². The molecule has 1 aromatic heterocycles. The summed E-state index contributed by atoms with van der Waals surface area (Å²) in [6, 6.07) is 1.44. The summed E-state index contributed by atoms with van der Waals surface area (Å²) in [5, 5.41) is 3.36. The Morgan fingerprint density at radius 1 is 1.50 bits per heavy atom. The van der Waals surface area contributed by atoms with Gasteiger partial charge >= 0.3 is 0 Å². The lowest BCUT2D eigenvalue weighted by Gasteiger charge is -2.03. The van der Waals surface area contributed by atoms with Gasteiger partial charge in [0.2, 0.25) is 10.0 Å². The Bertz CT molecular complexity index is 427. The first-order chi connectivity index (χ1) is 7.47. The Balaban J connectivity index is 2.64. The number of hydrogen-bond acceptors (Lipinski definition) is 4. The molecule has 0 radical (unpaired) electrons. The third-order valence-corrected chi connectivity index (χ3v) is 6.19. The Hall–Kier alpha value is 0.340. The second kappa shape index (κ2) is 6.32. The molecule has 0 aliphatic carbocycles. The summed E-state index contributed by atoms with van der Waals surface area (Å²) in [4.78, 5) is 0. The van der Waals surface area contributed by atoms with Gasteiger partial charge in [-0.1, -0.05) is 11.6 Å². The van der Waals surface area contributed by atoms with Crippen molar-refractivity contribution < 1.29 is 8.42 Å². The molecular weight excluding hydrogens is 336 g/mol. The largest absolute Gasteiger partial charge is 0.320 e. The van der Waals surface area contributed by atoms with Crippen LogP contribution in [-0.4, -0.2) is 28.6 Å². The summed E-state index contributed by atoms with van der Waals surface area (Å²) >= 11 is 10.1. The zero-order valence-electron chi connectivity index (χ0n) is 8.59. The van der Waals surface area contributed by atoms with Crippen LogP contribution >= 0.6 is 38.9 Å². The SMILES string of the molecule is CNCCCNS(=O)(=O)c1cc(Cl)c(Br)s1. The summed E-state index contributed by atoms with van der Waals surface area (Å²) < 4.78 is 26.9. The molecule has 4 nitrogen and oxygen atoms in total. The molecule has 0 aliphatic rings. The minimum atomic E-state index is -3.42. The molecule has 0 bridgehead atoms. The third-order valence-electron chi connectivity index (χ3n) is 1.78. The number of nitrogens with one attached hydrogen (secondary N) is 2.